The molecule has 1 heterocycles. The Morgan fingerprint density at radius 3 is 2.48 bits per heavy atom. The number of hydrogen-bond donors (Lipinski definition) is 1. The topological polar surface area (TPSA) is 32.3 Å². The third kappa shape index (κ3) is 4.24. The fourth-order valence-corrected chi connectivity index (χ4v) is 2.75. The molecule has 0 unspecified atom stereocenters. The quantitative estimate of drug-likeness (QED) is 0.904. The van der Waals surface area contributed by atoms with E-state index in [1.807, 2.05) is 6.92 Å². The van der Waals surface area contributed by atoms with Gasteiger partial charge in [-0.25, -0.2) is 8.78 Å². The number of nitrogens with one attached hydrogen (secondary N) is 1. The zero-order chi connectivity index (χ0) is 15.2. The summed E-state index contributed by atoms with van der Waals surface area (Å²) < 4.78 is 27.2. The molecule has 3 nitrogen and oxygen atoms in total. The maximum absolute atomic E-state index is 13.6. The smallest absolute Gasteiger partial charge is 0.227 e. The lowest BCUT2D eigenvalue weighted by molar-refractivity contribution is -0.131. The molecule has 0 saturated carbocycles. The van der Waals surface area contributed by atoms with Gasteiger partial charge < -0.3 is 10.2 Å². The zero-order valence-corrected chi connectivity index (χ0v) is 12.4. The molecule has 116 valence electrons. The standard InChI is InChI=1S/C16H22F2N2O/c1-2-20(11-12-6-8-19-9-7-12)16(21)10-13-14(17)4-3-5-15(13)18/h3-5,12,19H,2,6-11H2,1H3. The summed E-state index contributed by atoms with van der Waals surface area (Å²) in [5.74, 6) is -1.04. The molecule has 1 aromatic carbocycles. The lowest BCUT2D eigenvalue weighted by atomic mass is 9.97. The van der Waals surface area contributed by atoms with Crippen molar-refractivity contribution in [3.63, 3.8) is 0 Å². The van der Waals surface area contributed by atoms with Crippen molar-refractivity contribution in [2.75, 3.05) is 26.2 Å². The number of likely N-dealkylation sites (N-methyl/N-ethyl adjacent to an activating group) is 1. The first-order valence-electron chi connectivity index (χ1n) is 7.53. The number of carbonyl (C=O) groups is 1. The summed E-state index contributed by atoms with van der Waals surface area (Å²) in [7, 11) is 0. The number of nitrogens with zero attached hydrogens (tertiary/aromatic N) is 1. The predicted octanol–water partition coefficient (Wildman–Crippen LogP) is 2.36. The number of rotatable bonds is 5. The van der Waals surface area contributed by atoms with Gasteiger partial charge in [0, 0.05) is 18.7 Å². The Morgan fingerprint density at radius 2 is 1.90 bits per heavy atom. The van der Waals surface area contributed by atoms with Crippen LogP contribution in [0.2, 0.25) is 0 Å². The minimum atomic E-state index is -0.652. The van der Waals surface area contributed by atoms with Crippen LogP contribution in [0.1, 0.15) is 25.3 Å². The number of hydrogen-bond acceptors (Lipinski definition) is 2. The summed E-state index contributed by atoms with van der Waals surface area (Å²) in [6, 6.07) is 3.69. The molecular weight excluding hydrogens is 274 g/mol. The molecule has 1 aliphatic rings. The number of amides is 1. The molecule has 1 amide bonds. The highest BCUT2D eigenvalue weighted by molar-refractivity contribution is 5.78. The highest BCUT2D eigenvalue weighted by Gasteiger charge is 2.21. The van der Waals surface area contributed by atoms with Gasteiger partial charge in [0.25, 0.3) is 0 Å². The van der Waals surface area contributed by atoms with Crippen LogP contribution in [0.3, 0.4) is 0 Å². The Bertz CT molecular complexity index is 467. The minimum absolute atomic E-state index is 0.133. The molecule has 1 fully saturated rings. The van der Waals surface area contributed by atoms with Gasteiger partial charge in [0.05, 0.1) is 6.42 Å². The van der Waals surface area contributed by atoms with E-state index in [0.717, 1.165) is 25.9 Å². The SMILES string of the molecule is CCN(CC1CCNCC1)C(=O)Cc1c(F)cccc1F. The Kier molecular flexibility index (Phi) is 5.67. The van der Waals surface area contributed by atoms with E-state index < -0.39 is 11.6 Å². The molecule has 1 aliphatic heterocycles. The van der Waals surface area contributed by atoms with Gasteiger partial charge in [-0.1, -0.05) is 6.07 Å². The second-order valence-electron chi connectivity index (χ2n) is 5.50. The van der Waals surface area contributed by atoms with E-state index in [0.29, 0.717) is 19.0 Å². The highest BCUT2D eigenvalue weighted by Crippen LogP contribution is 2.17. The molecule has 0 aliphatic carbocycles. The van der Waals surface area contributed by atoms with Crippen molar-refractivity contribution in [3.05, 3.63) is 35.4 Å². The van der Waals surface area contributed by atoms with Gasteiger partial charge in [0.15, 0.2) is 0 Å². The molecular formula is C16H22F2N2O. The van der Waals surface area contributed by atoms with E-state index in [-0.39, 0.29) is 17.9 Å². The lowest BCUT2D eigenvalue weighted by Gasteiger charge is -2.29. The Hall–Kier alpha value is -1.49. The first kappa shape index (κ1) is 15.9. The summed E-state index contributed by atoms with van der Waals surface area (Å²) in [6.07, 6.45) is 1.87. The van der Waals surface area contributed by atoms with Gasteiger partial charge in [0.1, 0.15) is 11.6 Å². The van der Waals surface area contributed by atoms with Gasteiger partial charge in [-0.15, -0.1) is 0 Å². The average Bonchev–Trinajstić information content (AvgIpc) is 2.49. The van der Waals surface area contributed by atoms with E-state index >= 15 is 0 Å². The van der Waals surface area contributed by atoms with Crippen LogP contribution < -0.4 is 5.32 Å². The van der Waals surface area contributed by atoms with Gasteiger partial charge in [0.2, 0.25) is 5.91 Å². The Labute approximate surface area is 124 Å². The molecule has 0 aromatic heterocycles. The van der Waals surface area contributed by atoms with Crippen molar-refractivity contribution < 1.29 is 13.6 Å². The fourth-order valence-electron chi connectivity index (χ4n) is 2.75. The second-order valence-corrected chi connectivity index (χ2v) is 5.50. The van der Waals surface area contributed by atoms with E-state index in [9.17, 15) is 13.6 Å². The van der Waals surface area contributed by atoms with Gasteiger partial charge in [-0.2, -0.15) is 0 Å². The van der Waals surface area contributed by atoms with E-state index in [2.05, 4.69) is 5.32 Å². The second kappa shape index (κ2) is 7.50. The molecule has 0 bridgehead atoms. The molecule has 0 radical (unpaired) electrons. The average molecular weight is 296 g/mol. The van der Waals surface area contributed by atoms with Crippen molar-refractivity contribution in [1.29, 1.82) is 0 Å². The summed E-state index contributed by atoms with van der Waals surface area (Å²) in [5, 5.41) is 3.29. The molecule has 1 N–H and O–H groups in total. The van der Waals surface area contributed by atoms with Crippen LogP contribution in [-0.4, -0.2) is 37.0 Å². The van der Waals surface area contributed by atoms with Gasteiger partial charge in [-0.3, -0.25) is 4.79 Å². The Balaban J connectivity index is 1.99. The zero-order valence-electron chi connectivity index (χ0n) is 12.4. The van der Waals surface area contributed by atoms with Crippen LogP contribution in [0.25, 0.3) is 0 Å². The van der Waals surface area contributed by atoms with Crippen LogP contribution in [0.5, 0.6) is 0 Å². The summed E-state index contributed by atoms with van der Waals surface area (Å²) in [5.41, 5.74) is -0.133. The maximum Gasteiger partial charge on any atom is 0.227 e. The molecule has 1 aromatic rings. The monoisotopic (exact) mass is 296 g/mol. The molecule has 21 heavy (non-hydrogen) atoms. The highest BCUT2D eigenvalue weighted by atomic mass is 19.1. The van der Waals surface area contributed by atoms with Crippen molar-refractivity contribution in [2.24, 2.45) is 5.92 Å². The predicted molar refractivity (Wildman–Crippen MR) is 77.9 cm³/mol. The van der Waals surface area contributed by atoms with Gasteiger partial charge in [-0.05, 0) is 50.9 Å². The molecule has 2 rings (SSSR count). The Morgan fingerprint density at radius 1 is 1.29 bits per heavy atom. The van der Waals surface area contributed by atoms with Crippen molar-refractivity contribution >= 4 is 5.91 Å². The largest absolute Gasteiger partial charge is 0.342 e. The third-order valence-corrected chi connectivity index (χ3v) is 4.06. The van der Waals surface area contributed by atoms with Crippen LogP contribution in [0.15, 0.2) is 18.2 Å². The van der Waals surface area contributed by atoms with Crippen molar-refractivity contribution in [2.45, 2.75) is 26.2 Å². The third-order valence-electron chi connectivity index (χ3n) is 4.06. The van der Waals surface area contributed by atoms with Crippen LogP contribution >= 0.6 is 0 Å². The normalized spacial score (nSPS) is 16.0. The molecule has 0 spiro atoms. The molecule has 5 heteroatoms. The number of halogens is 2. The first-order valence-corrected chi connectivity index (χ1v) is 7.53. The number of piperidine rings is 1. The van der Waals surface area contributed by atoms with E-state index in [1.165, 1.54) is 18.2 Å². The van der Waals surface area contributed by atoms with E-state index in [1.54, 1.807) is 4.90 Å². The number of benzene rings is 1. The van der Waals surface area contributed by atoms with E-state index in [4.69, 9.17) is 0 Å². The maximum atomic E-state index is 13.6. The molecule has 0 atom stereocenters. The van der Waals surface area contributed by atoms with Gasteiger partial charge >= 0.3 is 0 Å². The lowest BCUT2D eigenvalue weighted by Crippen LogP contribution is -2.40. The summed E-state index contributed by atoms with van der Waals surface area (Å²) in [6.45, 7) is 5.08. The van der Waals surface area contributed by atoms with Crippen LogP contribution in [-0.2, 0) is 11.2 Å². The van der Waals surface area contributed by atoms with Crippen molar-refractivity contribution in [3.8, 4) is 0 Å². The molecule has 1 saturated heterocycles. The van der Waals surface area contributed by atoms with Crippen LogP contribution in [0, 0.1) is 17.6 Å². The van der Waals surface area contributed by atoms with Crippen molar-refractivity contribution in [1.82, 2.24) is 10.2 Å². The first-order chi connectivity index (χ1) is 10.1. The summed E-state index contributed by atoms with van der Waals surface area (Å²) in [4.78, 5) is 14.0. The fraction of sp³-hybridized carbons (Fsp3) is 0.562. The summed E-state index contributed by atoms with van der Waals surface area (Å²) >= 11 is 0. The minimum Gasteiger partial charge on any atom is -0.342 e. The number of carbonyl (C=O) groups excluding carboxylic acids is 1. The van der Waals surface area contributed by atoms with Crippen LogP contribution in [0.4, 0.5) is 8.78 Å².